The summed E-state index contributed by atoms with van der Waals surface area (Å²) in [5.74, 6) is 0.910. The van der Waals surface area contributed by atoms with Gasteiger partial charge in [-0.1, -0.05) is 39.0 Å². The van der Waals surface area contributed by atoms with Crippen LogP contribution in [0.15, 0.2) is 30.3 Å². The molecular weight excluding hydrogens is 238 g/mol. The molecule has 1 rings (SSSR count). The van der Waals surface area contributed by atoms with Gasteiger partial charge < -0.3 is 14.7 Å². The molecule has 1 N–H and O–H groups in total. The molecule has 0 aliphatic heterocycles. The minimum absolute atomic E-state index is 0.104. The summed E-state index contributed by atoms with van der Waals surface area (Å²) in [6.07, 6.45) is 1.66. The molecule has 0 spiro atoms. The van der Waals surface area contributed by atoms with Gasteiger partial charge in [-0.15, -0.1) is 0 Å². The lowest BCUT2D eigenvalue weighted by Crippen LogP contribution is -2.18. The maximum Gasteiger partial charge on any atom is 0.118 e. The van der Waals surface area contributed by atoms with Gasteiger partial charge in [0, 0.05) is 0 Å². The number of benzene rings is 1. The van der Waals surface area contributed by atoms with Crippen molar-refractivity contribution in [3.63, 3.8) is 0 Å². The van der Waals surface area contributed by atoms with Crippen molar-refractivity contribution in [2.45, 2.75) is 39.7 Å². The van der Waals surface area contributed by atoms with Crippen molar-refractivity contribution in [2.75, 3.05) is 27.7 Å². The highest BCUT2D eigenvalue weighted by atomic mass is 16.5. The van der Waals surface area contributed by atoms with E-state index in [2.05, 4.69) is 4.90 Å². The number of methoxy groups -OCH3 is 1. The van der Waals surface area contributed by atoms with Gasteiger partial charge >= 0.3 is 0 Å². The zero-order chi connectivity index (χ0) is 15.1. The number of hydrogen-bond acceptors (Lipinski definition) is 3. The van der Waals surface area contributed by atoms with Gasteiger partial charge in [-0.2, -0.15) is 0 Å². The van der Waals surface area contributed by atoms with E-state index >= 15 is 0 Å². The maximum absolute atomic E-state index is 9.08. The van der Waals surface area contributed by atoms with Crippen molar-refractivity contribution in [1.29, 1.82) is 0 Å². The molecule has 0 aliphatic rings. The van der Waals surface area contributed by atoms with Gasteiger partial charge in [0.25, 0.3) is 0 Å². The number of ether oxygens (including phenoxy) is 1. The number of rotatable bonds is 5. The first kappa shape index (κ1) is 20.3. The first-order valence-electron chi connectivity index (χ1n) is 7.02. The first-order chi connectivity index (χ1) is 9.10. The predicted molar refractivity (Wildman–Crippen MR) is 83.8 cm³/mol. The van der Waals surface area contributed by atoms with Crippen molar-refractivity contribution < 1.29 is 9.84 Å². The first-order valence-corrected chi connectivity index (χ1v) is 7.02. The normalized spacial score (nSPS) is 10.7. The van der Waals surface area contributed by atoms with Crippen molar-refractivity contribution in [1.82, 2.24) is 4.90 Å². The van der Waals surface area contributed by atoms with Crippen LogP contribution in [0.25, 0.3) is 0 Å². The Hall–Kier alpha value is -1.06. The van der Waals surface area contributed by atoms with Crippen LogP contribution >= 0.6 is 0 Å². The van der Waals surface area contributed by atoms with Crippen LogP contribution in [0.1, 0.15) is 33.6 Å². The molecule has 3 heteroatoms. The third-order valence-electron chi connectivity index (χ3n) is 2.36. The highest BCUT2D eigenvalue weighted by Gasteiger charge is 1.99. The fraction of sp³-hybridized carbons (Fsp3) is 0.625. The second kappa shape index (κ2) is 15.0. The molecule has 0 saturated carbocycles. The van der Waals surface area contributed by atoms with E-state index in [1.165, 1.54) is 0 Å². The van der Waals surface area contributed by atoms with E-state index in [0.717, 1.165) is 25.1 Å². The number of nitrogens with zero attached hydrogens (tertiary/aromatic N) is 1. The molecule has 112 valence electrons. The maximum atomic E-state index is 9.08. The third kappa shape index (κ3) is 14.9. The summed E-state index contributed by atoms with van der Waals surface area (Å²) >= 11 is 0. The second-order valence-electron chi connectivity index (χ2n) is 4.17. The summed E-state index contributed by atoms with van der Waals surface area (Å²) in [5, 5.41) is 9.08. The number of hydrogen-bond donors (Lipinski definition) is 1. The van der Waals surface area contributed by atoms with E-state index in [1.807, 2.05) is 65.2 Å². The summed E-state index contributed by atoms with van der Waals surface area (Å²) in [5.41, 5.74) is 0. The molecule has 0 saturated heterocycles. The summed E-state index contributed by atoms with van der Waals surface area (Å²) in [4.78, 5) is 2.08. The summed E-state index contributed by atoms with van der Waals surface area (Å²) in [7, 11) is 5.69. The molecule has 1 unspecified atom stereocenters. The van der Waals surface area contributed by atoms with Gasteiger partial charge in [0.2, 0.25) is 0 Å². The monoisotopic (exact) mass is 269 g/mol. The Labute approximate surface area is 119 Å². The van der Waals surface area contributed by atoms with E-state index in [4.69, 9.17) is 9.84 Å². The molecule has 0 heterocycles. The summed E-state index contributed by atoms with van der Waals surface area (Å²) < 4.78 is 4.91. The molecule has 19 heavy (non-hydrogen) atoms. The van der Waals surface area contributed by atoms with E-state index in [-0.39, 0.29) is 6.10 Å². The molecular formula is C16H31NO2. The average molecular weight is 269 g/mol. The van der Waals surface area contributed by atoms with E-state index in [1.54, 1.807) is 7.11 Å². The zero-order valence-electron chi connectivity index (χ0n) is 13.4. The van der Waals surface area contributed by atoms with Crippen molar-refractivity contribution >= 4 is 0 Å². The molecule has 0 aliphatic carbocycles. The molecule has 1 atom stereocenters. The molecule has 0 aromatic heterocycles. The molecule has 1 aromatic carbocycles. The van der Waals surface area contributed by atoms with Gasteiger partial charge in [0.1, 0.15) is 5.75 Å². The second-order valence-corrected chi connectivity index (χ2v) is 4.17. The Morgan fingerprint density at radius 3 is 2.00 bits per heavy atom. The highest BCUT2D eigenvalue weighted by molar-refractivity contribution is 5.20. The minimum Gasteiger partial charge on any atom is -0.497 e. The fourth-order valence-corrected chi connectivity index (χ4v) is 1.17. The standard InChI is InChI=1S/C7H17NO.C7H8O.C2H6/c1-4-7(9)5-6-8(2)3;1-8-7-5-3-2-4-6-7;1-2/h7,9H,4-6H2,1-3H3;2-6H,1H3;1-2H3. The molecule has 3 nitrogen and oxygen atoms in total. The van der Waals surface area contributed by atoms with Crippen LogP contribution in [0.2, 0.25) is 0 Å². The van der Waals surface area contributed by atoms with Gasteiger partial charge in [0.05, 0.1) is 13.2 Å². The van der Waals surface area contributed by atoms with E-state index in [9.17, 15) is 0 Å². The number of aliphatic hydroxyl groups is 1. The van der Waals surface area contributed by atoms with Gasteiger partial charge in [-0.05, 0) is 45.6 Å². The molecule has 0 radical (unpaired) electrons. The number of aliphatic hydroxyl groups excluding tert-OH is 1. The lowest BCUT2D eigenvalue weighted by molar-refractivity contribution is 0.148. The van der Waals surface area contributed by atoms with Crippen molar-refractivity contribution in [2.24, 2.45) is 0 Å². The van der Waals surface area contributed by atoms with Crippen molar-refractivity contribution in [3.8, 4) is 5.75 Å². The predicted octanol–water partition coefficient (Wildman–Crippen LogP) is 3.43. The summed E-state index contributed by atoms with van der Waals surface area (Å²) in [6.45, 7) is 6.98. The summed E-state index contributed by atoms with van der Waals surface area (Å²) in [6, 6.07) is 9.68. The van der Waals surface area contributed by atoms with Crippen LogP contribution < -0.4 is 4.74 Å². The van der Waals surface area contributed by atoms with Gasteiger partial charge in [-0.3, -0.25) is 0 Å². The molecule has 1 aromatic rings. The lowest BCUT2D eigenvalue weighted by atomic mass is 10.2. The van der Waals surface area contributed by atoms with Crippen molar-refractivity contribution in [3.05, 3.63) is 30.3 Å². The topological polar surface area (TPSA) is 32.7 Å². The Morgan fingerprint density at radius 1 is 1.16 bits per heavy atom. The Balaban J connectivity index is 0. The van der Waals surface area contributed by atoms with Gasteiger partial charge in [-0.25, -0.2) is 0 Å². The SMILES string of the molecule is CC.CCC(O)CCN(C)C.COc1ccccc1. The van der Waals surface area contributed by atoms with Gasteiger partial charge in [0.15, 0.2) is 0 Å². The molecule has 0 bridgehead atoms. The molecule has 0 amide bonds. The van der Waals surface area contributed by atoms with Crippen LogP contribution in [0.5, 0.6) is 5.75 Å². The highest BCUT2D eigenvalue weighted by Crippen LogP contribution is 2.05. The third-order valence-corrected chi connectivity index (χ3v) is 2.36. The molecule has 0 fully saturated rings. The zero-order valence-corrected chi connectivity index (χ0v) is 13.4. The van der Waals surface area contributed by atoms with Crippen LogP contribution in [0.3, 0.4) is 0 Å². The largest absolute Gasteiger partial charge is 0.497 e. The number of para-hydroxylation sites is 1. The van der Waals surface area contributed by atoms with E-state index < -0.39 is 0 Å². The van der Waals surface area contributed by atoms with Crippen LogP contribution in [-0.2, 0) is 0 Å². The van der Waals surface area contributed by atoms with Crippen LogP contribution in [0.4, 0.5) is 0 Å². The Bertz CT molecular complexity index is 263. The Kier molecular flexibility index (Phi) is 16.0. The lowest BCUT2D eigenvalue weighted by Gasteiger charge is -2.11. The quantitative estimate of drug-likeness (QED) is 0.889. The minimum atomic E-state index is -0.104. The van der Waals surface area contributed by atoms with Crippen LogP contribution in [-0.4, -0.2) is 43.9 Å². The smallest absolute Gasteiger partial charge is 0.118 e. The fourth-order valence-electron chi connectivity index (χ4n) is 1.17. The Morgan fingerprint density at radius 2 is 1.68 bits per heavy atom. The van der Waals surface area contributed by atoms with E-state index in [0.29, 0.717) is 0 Å². The average Bonchev–Trinajstić information content (AvgIpc) is 2.48. The van der Waals surface area contributed by atoms with Crippen LogP contribution in [0, 0.1) is 0 Å².